The van der Waals surface area contributed by atoms with Gasteiger partial charge >= 0.3 is 5.97 Å². The Bertz CT molecular complexity index is 770. The Labute approximate surface area is 152 Å². The molecule has 2 fully saturated rings. The van der Waals surface area contributed by atoms with Gasteiger partial charge in [-0.1, -0.05) is 12.8 Å². The van der Waals surface area contributed by atoms with Crippen LogP contribution in [0.2, 0.25) is 0 Å². The quantitative estimate of drug-likeness (QED) is 0.883. The first-order valence-electron chi connectivity index (χ1n) is 9.23. The number of carboxylic acid groups (broad SMARTS) is 1. The monoisotopic (exact) mass is 356 g/mol. The number of oxazole rings is 1. The minimum atomic E-state index is -0.735. The van der Waals surface area contributed by atoms with Gasteiger partial charge in [-0.2, -0.15) is 0 Å². The number of nitrogens with zero attached hydrogens (tertiary/aromatic N) is 2. The van der Waals surface area contributed by atoms with Gasteiger partial charge in [0.25, 0.3) is 0 Å². The number of aromatic nitrogens is 1. The summed E-state index contributed by atoms with van der Waals surface area (Å²) in [4.78, 5) is 18.2. The number of hydrogen-bond acceptors (Lipinski definition) is 5. The van der Waals surface area contributed by atoms with Crippen molar-refractivity contribution < 1.29 is 19.1 Å². The van der Waals surface area contributed by atoms with Gasteiger partial charge in [-0.15, -0.1) is 0 Å². The Morgan fingerprint density at radius 3 is 2.81 bits per heavy atom. The van der Waals surface area contributed by atoms with Gasteiger partial charge < -0.3 is 14.3 Å². The molecule has 1 N–H and O–H groups in total. The van der Waals surface area contributed by atoms with Crippen LogP contribution >= 0.6 is 0 Å². The second-order valence-electron chi connectivity index (χ2n) is 7.22. The average molecular weight is 356 g/mol. The van der Waals surface area contributed by atoms with Crippen LogP contribution in [0.4, 0.5) is 0 Å². The molecule has 1 saturated heterocycles. The van der Waals surface area contributed by atoms with Crippen LogP contribution in [0.3, 0.4) is 0 Å². The minimum absolute atomic E-state index is 0.334. The molecule has 1 aromatic heterocycles. The number of benzene rings is 1. The molecule has 1 aliphatic heterocycles. The first kappa shape index (κ1) is 17.1. The lowest BCUT2D eigenvalue weighted by molar-refractivity contribution is -0.143. The summed E-state index contributed by atoms with van der Waals surface area (Å²) in [6, 6.07) is 7.52. The maximum atomic E-state index is 11.7. The molecule has 1 saturated carbocycles. The number of likely N-dealkylation sites (tertiary alicyclic amines) is 1. The summed E-state index contributed by atoms with van der Waals surface area (Å²) in [6.45, 7) is 0.453. The fourth-order valence-corrected chi connectivity index (χ4v) is 4.45. The van der Waals surface area contributed by atoms with Gasteiger partial charge in [0.05, 0.1) is 19.9 Å². The number of carbonyl (C=O) groups is 1. The van der Waals surface area contributed by atoms with E-state index in [1.165, 1.54) is 12.8 Å². The topological polar surface area (TPSA) is 75.8 Å². The van der Waals surface area contributed by atoms with Gasteiger partial charge in [-0.25, -0.2) is 4.98 Å². The molecular formula is C20H24N2O4. The third kappa shape index (κ3) is 3.21. The highest BCUT2D eigenvalue weighted by molar-refractivity contribution is 5.74. The standard InChI is InChI=1S/C20H24N2O4/c1-25-15-8-6-13(7-9-15)18-11-21-19(26-18)12-22-16-5-3-2-4-14(16)10-17(22)20(23)24/h6-9,11,14,16-17H,2-5,10,12H2,1H3,(H,23,24). The molecule has 2 aromatic rings. The summed E-state index contributed by atoms with van der Waals surface area (Å²) < 4.78 is 11.1. The molecule has 138 valence electrons. The van der Waals surface area contributed by atoms with E-state index in [1.54, 1.807) is 13.3 Å². The van der Waals surface area contributed by atoms with Crippen molar-refractivity contribution in [2.24, 2.45) is 5.92 Å². The highest BCUT2D eigenvalue weighted by Crippen LogP contribution is 2.40. The number of methoxy groups -OCH3 is 1. The first-order valence-corrected chi connectivity index (χ1v) is 9.23. The fraction of sp³-hybridized carbons (Fsp3) is 0.500. The summed E-state index contributed by atoms with van der Waals surface area (Å²) >= 11 is 0. The second kappa shape index (κ2) is 7.11. The van der Waals surface area contributed by atoms with Crippen molar-refractivity contribution in [1.82, 2.24) is 9.88 Å². The lowest BCUT2D eigenvalue weighted by atomic mass is 9.85. The lowest BCUT2D eigenvalue weighted by Gasteiger charge is -2.32. The van der Waals surface area contributed by atoms with Crippen LogP contribution in [-0.2, 0) is 11.3 Å². The van der Waals surface area contributed by atoms with Crippen molar-refractivity contribution in [2.45, 2.75) is 50.7 Å². The third-order valence-corrected chi connectivity index (χ3v) is 5.75. The largest absolute Gasteiger partial charge is 0.497 e. The average Bonchev–Trinajstić information content (AvgIpc) is 3.27. The summed E-state index contributed by atoms with van der Waals surface area (Å²) in [5, 5.41) is 9.64. The number of fused-ring (bicyclic) bond motifs is 1. The van der Waals surface area contributed by atoms with Crippen LogP contribution in [0.5, 0.6) is 5.75 Å². The maximum absolute atomic E-state index is 11.7. The van der Waals surface area contributed by atoms with Crippen molar-refractivity contribution >= 4 is 5.97 Å². The molecule has 6 heteroatoms. The van der Waals surface area contributed by atoms with E-state index < -0.39 is 12.0 Å². The van der Waals surface area contributed by atoms with Crippen molar-refractivity contribution in [3.05, 3.63) is 36.4 Å². The van der Waals surface area contributed by atoms with Gasteiger partial charge in [0.2, 0.25) is 5.89 Å². The van der Waals surface area contributed by atoms with Gasteiger partial charge in [0.1, 0.15) is 11.8 Å². The molecule has 0 amide bonds. The highest BCUT2D eigenvalue weighted by atomic mass is 16.5. The fourth-order valence-electron chi connectivity index (χ4n) is 4.45. The number of aliphatic carboxylic acids is 1. The predicted octanol–water partition coefficient (Wildman–Crippen LogP) is 3.57. The van der Waals surface area contributed by atoms with Gasteiger partial charge in [-0.3, -0.25) is 9.69 Å². The Morgan fingerprint density at radius 1 is 1.31 bits per heavy atom. The third-order valence-electron chi connectivity index (χ3n) is 5.75. The van der Waals surface area contributed by atoms with E-state index in [-0.39, 0.29) is 0 Å². The van der Waals surface area contributed by atoms with E-state index in [0.29, 0.717) is 30.2 Å². The number of ether oxygens (including phenoxy) is 1. The molecule has 3 unspecified atom stereocenters. The number of carboxylic acids is 1. The van der Waals surface area contributed by atoms with E-state index in [2.05, 4.69) is 9.88 Å². The van der Waals surface area contributed by atoms with Crippen LogP contribution in [0.1, 0.15) is 38.0 Å². The highest BCUT2D eigenvalue weighted by Gasteiger charge is 2.45. The molecule has 2 aliphatic rings. The second-order valence-corrected chi connectivity index (χ2v) is 7.22. The number of hydrogen-bond donors (Lipinski definition) is 1. The van der Waals surface area contributed by atoms with Crippen LogP contribution < -0.4 is 4.74 Å². The lowest BCUT2D eigenvalue weighted by Crippen LogP contribution is -2.41. The molecule has 3 atom stereocenters. The SMILES string of the molecule is COc1ccc(-c2cnc(CN3C(C(=O)O)CC4CCCCC43)o2)cc1. The van der Waals surface area contributed by atoms with E-state index in [4.69, 9.17) is 9.15 Å². The van der Waals surface area contributed by atoms with Crippen molar-refractivity contribution in [2.75, 3.05) is 7.11 Å². The van der Waals surface area contributed by atoms with Crippen molar-refractivity contribution in [1.29, 1.82) is 0 Å². The van der Waals surface area contributed by atoms with E-state index >= 15 is 0 Å². The smallest absolute Gasteiger partial charge is 0.320 e. The first-order chi connectivity index (χ1) is 12.7. The molecule has 1 aliphatic carbocycles. The summed E-state index contributed by atoms with van der Waals surface area (Å²) in [5.41, 5.74) is 0.927. The van der Waals surface area contributed by atoms with Gasteiger partial charge in [0.15, 0.2) is 5.76 Å². The minimum Gasteiger partial charge on any atom is -0.497 e. The molecule has 1 aromatic carbocycles. The Morgan fingerprint density at radius 2 is 2.08 bits per heavy atom. The predicted molar refractivity (Wildman–Crippen MR) is 95.8 cm³/mol. The normalized spacial score (nSPS) is 25.8. The molecule has 0 spiro atoms. The van der Waals surface area contributed by atoms with Crippen LogP contribution in [-0.4, -0.2) is 40.2 Å². The van der Waals surface area contributed by atoms with Crippen LogP contribution in [0.25, 0.3) is 11.3 Å². The summed E-state index contributed by atoms with van der Waals surface area (Å²) in [6.07, 6.45) is 7.04. The van der Waals surface area contributed by atoms with Gasteiger partial charge in [0, 0.05) is 11.6 Å². The molecular weight excluding hydrogens is 332 g/mol. The molecule has 2 heterocycles. The van der Waals surface area contributed by atoms with Crippen molar-refractivity contribution in [3.8, 4) is 17.1 Å². The summed E-state index contributed by atoms with van der Waals surface area (Å²) in [7, 11) is 1.63. The molecule has 26 heavy (non-hydrogen) atoms. The molecule has 4 rings (SSSR count). The van der Waals surface area contributed by atoms with Crippen molar-refractivity contribution in [3.63, 3.8) is 0 Å². The van der Waals surface area contributed by atoms with E-state index in [1.807, 2.05) is 24.3 Å². The van der Waals surface area contributed by atoms with Crippen LogP contribution in [0.15, 0.2) is 34.9 Å². The van der Waals surface area contributed by atoms with Gasteiger partial charge in [-0.05, 0) is 49.4 Å². The molecule has 0 bridgehead atoms. The Hall–Kier alpha value is -2.34. The zero-order chi connectivity index (χ0) is 18.1. The zero-order valence-electron chi connectivity index (χ0n) is 14.9. The zero-order valence-corrected chi connectivity index (χ0v) is 14.9. The number of rotatable bonds is 5. The Kier molecular flexibility index (Phi) is 4.68. The maximum Gasteiger partial charge on any atom is 0.320 e. The molecule has 0 radical (unpaired) electrons. The van der Waals surface area contributed by atoms with Crippen LogP contribution in [0, 0.1) is 5.92 Å². The van der Waals surface area contributed by atoms with E-state index in [0.717, 1.165) is 30.6 Å². The van der Waals surface area contributed by atoms with E-state index in [9.17, 15) is 9.90 Å². The Balaban J connectivity index is 1.52. The molecule has 6 nitrogen and oxygen atoms in total. The summed E-state index contributed by atoms with van der Waals surface area (Å²) in [5.74, 6) is 1.81.